The van der Waals surface area contributed by atoms with Gasteiger partial charge in [-0.05, 0) is 62.9 Å². The lowest BCUT2D eigenvalue weighted by Gasteiger charge is -2.25. The summed E-state index contributed by atoms with van der Waals surface area (Å²) in [6, 6.07) is 7.35. The third-order valence-electron chi connectivity index (χ3n) is 4.21. The van der Waals surface area contributed by atoms with E-state index in [1.165, 1.54) is 29.7 Å². The Morgan fingerprint density at radius 3 is 2.71 bits per heavy atom. The predicted molar refractivity (Wildman–Crippen MR) is 73.1 cm³/mol. The monoisotopic (exact) mass is 232 g/mol. The maximum absolute atomic E-state index is 5.75. The molecule has 0 amide bonds. The van der Waals surface area contributed by atoms with E-state index in [0.717, 1.165) is 13.1 Å². The average Bonchev–Trinajstić information content (AvgIpc) is 2.80. The van der Waals surface area contributed by atoms with Crippen LogP contribution in [-0.2, 0) is 0 Å². The van der Waals surface area contributed by atoms with Gasteiger partial charge in [0, 0.05) is 12.6 Å². The van der Waals surface area contributed by atoms with Gasteiger partial charge in [-0.3, -0.25) is 4.90 Å². The van der Waals surface area contributed by atoms with Crippen molar-refractivity contribution < 1.29 is 0 Å². The van der Waals surface area contributed by atoms with Gasteiger partial charge in [0.25, 0.3) is 0 Å². The van der Waals surface area contributed by atoms with Crippen LogP contribution in [0.5, 0.6) is 0 Å². The van der Waals surface area contributed by atoms with Gasteiger partial charge in [0.05, 0.1) is 0 Å². The van der Waals surface area contributed by atoms with E-state index in [1.54, 1.807) is 0 Å². The summed E-state index contributed by atoms with van der Waals surface area (Å²) in [6.45, 7) is 9.85. The molecule has 1 aliphatic rings. The smallest absolute Gasteiger partial charge is 0.0320 e. The molecule has 17 heavy (non-hydrogen) atoms. The molecule has 0 aromatic heterocycles. The quantitative estimate of drug-likeness (QED) is 0.868. The van der Waals surface area contributed by atoms with Crippen LogP contribution in [0.25, 0.3) is 0 Å². The van der Waals surface area contributed by atoms with Gasteiger partial charge >= 0.3 is 0 Å². The maximum atomic E-state index is 5.75. The maximum Gasteiger partial charge on any atom is 0.0320 e. The molecule has 2 nitrogen and oxygen atoms in total. The van der Waals surface area contributed by atoms with Crippen LogP contribution < -0.4 is 5.73 Å². The number of nitrogens with zero attached hydrogens (tertiary/aromatic N) is 1. The van der Waals surface area contributed by atoms with Crippen molar-refractivity contribution in [3.63, 3.8) is 0 Å². The van der Waals surface area contributed by atoms with E-state index in [0.29, 0.717) is 12.0 Å². The zero-order valence-corrected chi connectivity index (χ0v) is 11.2. The summed E-state index contributed by atoms with van der Waals surface area (Å²) in [7, 11) is 0. The third kappa shape index (κ3) is 2.70. The van der Waals surface area contributed by atoms with Gasteiger partial charge in [-0.15, -0.1) is 0 Å². The molecule has 1 aromatic rings. The third-order valence-corrected chi connectivity index (χ3v) is 4.21. The highest BCUT2D eigenvalue weighted by Gasteiger charge is 2.25. The first-order valence-electron chi connectivity index (χ1n) is 6.63. The first kappa shape index (κ1) is 12.6. The van der Waals surface area contributed by atoms with Crippen molar-refractivity contribution in [1.29, 1.82) is 0 Å². The highest BCUT2D eigenvalue weighted by atomic mass is 15.2. The lowest BCUT2D eigenvalue weighted by molar-refractivity contribution is 0.253. The number of hydrogen-bond donors (Lipinski definition) is 1. The van der Waals surface area contributed by atoms with Crippen LogP contribution in [0.4, 0.5) is 0 Å². The largest absolute Gasteiger partial charge is 0.330 e. The van der Waals surface area contributed by atoms with Crippen LogP contribution >= 0.6 is 0 Å². The number of nitrogens with two attached hydrogens (primary N) is 1. The van der Waals surface area contributed by atoms with Crippen LogP contribution in [0, 0.1) is 19.8 Å². The standard InChI is InChI=1S/C15H24N2/c1-11-4-5-15(8-12(11)2)13(3)17-7-6-14(9-16)10-17/h4-5,8,13-14H,6-7,9-10,16H2,1-3H3. The van der Waals surface area contributed by atoms with Gasteiger partial charge in [0.2, 0.25) is 0 Å². The molecule has 0 saturated carbocycles. The summed E-state index contributed by atoms with van der Waals surface area (Å²) in [5.74, 6) is 0.698. The summed E-state index contributed by atoms with van der Waals surface area (Å²) in [4.78, 5) is 2.56. The number of rotatable bonds is 3. The average molecular weight is 232 g/mol. The molecule has 2 unspecified atom stereocenters. The van der Waals surface area contributed by atoms with Gasteiger partial charge in [-0.2, -0.15) is 0 Å². The molecule has 1 saturated heterocycles. The number of hydrogen-bond acceptors (Lipinski definition) is 2. The molecule has 1 aliphatic heterocycles. The minimum Gasteiger partial charge on any atom is -0.330 e. The van der Waals surface area contributed by atoms with Crippen molar-refractivity contribution in [1.82, 2.24) is 4.90 Å². The van der Waals surface area contributed by atoms with Gasteiger partial charge in [-0.1, -0.05) is 18.2 Å². The second kappa shape index (κ2) is 5.19. The van der Waals surface area contributed by atoms with E-state index >= 15 is 0 Å². The fourth-order valence-electron chi connectivity index (χ4n) is 2.64. The Labute approximate surface area is 105 Å². The van der Waals surface area contributed by atoms with Crippen LogP contribution in [-0.4, -0.2) is 24.5 Å². The highest BCUT2D eigenvalue weighted by Crippen LogP contribution is 2.27. The SMILES string of the molecule is Cc1ccc(C(C)N2CCC(CN)C2)cc1C. The zero-order chi connectivity index (χ0) is 12.4. The molecule has 0 radical (unpaired) electrons. The van der Waals surface area contributed by atoms with Gasteiger partial charge in [-0.25, -0.2) is 0 Å². The van der Waals surface area contributed by atoms with Crippen LogP contribution in [0.1, 0.15) is 36.1 Å². The van der Waals surface area contributed by atoms with E-state index < -0.39 is 0 Å². The number of likely N-dealkylation sites (tertiary alicyclic amines) is 1. The summed E-state index contributed by atoms with van der Waals surface area (Å²) in [5.41, 5.74) is 9.96. The number of benzene rings is 1. The molecule has 0 spiro atoms. The Hall–Kier alpha value is -0.860. The summed E-state index contributed by atoms with van der Waals surface area (Å²) in [6.07, 6.45) is 1.26. The summed E-state index contributed by atoms with van der Waals surface area (Å²) in [5, 5.41) is 0. The fourth-order valence-corrected chi connectivity index (χ4v) is 2.64. The summed E-state index contributed by atoms with van der Waals surface area (Å²) < 4.78 is 0. The number of aryl methyl sites for hydroxylation is 2. The van der Waals surface area contributed by atoms with E-state index in [9.17, 15) is 0 Å². The molecule has 0 bridgehead atoms. The van der Waals surface area contributed by atoms with Gasteiger partial charge in [0.1, 0.15) is 0 Å². The molecule has 2 rings (SSSR count). The molecular weight excluding hydrogens is 208 g/mol. The van der Waals surface area contributed by atoms with Gasteiger partial charge < -0.3 is 5.73 Å². The molecule has 0 aliphatic carbocycles. The minimum absolute atomic E-state index is 0.519. The van der Waals surface area contributed by atoms with Crippen molar-refractivity contribution in [3.05, 3.63) is 34.9 Å². The van der Waals surface area contributed by atoms with E-state index in [-0.39, 0.29) is 0 Å². The predicted octanol–water partition coefficient (Wildman–Crippen LogP) is 2.65. The van der Waals surface area contributed by atoms with E-state index in [4.69, 9.17) is 5.73 Å². The lowest BCUT2D eigenvalue weighted by atomic mass is 10.0. The Kier molecular flexibility index (Phi) is 3.85. The Morgan fingerprint density at radius 1 is 1.35 bits per heavy atom. The summed E-state index contributed by atoms with van der Waals surface area (Å²) >= 11 is 0. The molecule has 2 N–H and O–H groups in total. The molecule has 1 heterocycles. The molecule has 94 valence electrons. The van der Waals surface area contributed by atoms with Crippen molar-refractivity contribution in [2.45, 2.75) is 33.2 Å². The van der Waals surface area contributed by atoms with Crippen molar-refractivity contribution in [3.8, 4) is 0 Å². The van der Waals surface area contributed by atoms with Crippen molar-refractivity contribution in [2.75, 3.05) is 19.6 Å². The second-order valence-electron chi connectivity index (χ2n) is 5.41. The van der Waals surface area contributed by atoms with E-state index in [2.05, 4.69) is 43.9 Å². The second-order valence-corrected chi connectivity index (χ2v) is 5.41. The molecule has 1 fully saturated rings. The topological polar surface area (TPSA) is 29.3 Å². The highest BCUT2D eigenvalue weighted by molar-refractivity contribution is 5.31. The van der Waals surface area contributed by atoms with Gasteiger partial charge in [0.15, 0.2) is 0 Å². The first-order chi connectivity index (χ1) is 8.11. The first-order valence-corrected chi connectivity index (χ1v) is 6.63. The van der Waals surface area contributed by atoms with E-state index in [1.807, 2.05) is 0 Å². The molecular formula is C15H24N2. The molecule has 1 aromatic carbocycles. The Bertz CT molecular complexity index is 387. The lowest BCUT2D eigenvalue weighted by Crippen LogP contribution is -2.26. The molecule has 2 heteroatoms. The van der Waals surface area contributed by atoms with Crippen LogP contribution in [0.2, 0.25) is 0 Å². The Balaban J connectivity index is 2.09. The minimum atomic E-state index is 0.519. The fraction of sp³-hybridized carbons (Fsp3) is 0.600. The van der Waals surface area contributed by atoms with Crippen LogP contribution in [0.3, 0.4) is 0 Å². The van der Waals surface area contributed by atoms with Crippen molar-refractivity contribution in [2.24, 2.45) is 11.7 Å². The van der Waals surface area contributed by atoms with Crippen LogP contribution in [0.15, 0.2) is 18.2 Å². The molecule has 2 atom stereocenters. The Morgan fingerprint density at radius 2 is 2.12 bits per heavy atom. The zero-order valence-electron chi connectivity index (χ0n) is 11.2. The normalized spacial score (nSPS) is 22.9. The van der Waals surface area contributed by atoms with Crippen molar-refractivity contribution >= 4 is 0 Å².